The Morgan fingerprint density at radius 2 is 2.33 bits per heavy atom. The van der Waals surface area contributed by atoms with Crippen LogP contribution < -0.4 is 5.73 Å². The highest BCUT2D eigenvalue weighted by Gasteiger charge is 2.26. The number of fused-ring (bicyclic) bond motifs is 1. The van der Waals surface area contributed by atoms with Gasteiger partial charge in [-0.1, -0.05) is 6.07 Å². The second-order valence-corrected chi connectivity index (χ2v) is 4.83. The summed E-state index contributed by atoms with van der Waals surface area (Å²) in [6.45, 7) is 0. The summed E-state index contributed by atoms with van der Waals surface area (Å²) < 4.78 is 0. The summed E-state index contributed by atoms with van der Waals surface area (Å²) in [5, 5.41) is 0.648. The molecule has 4 heteroatoms. The Bertz CT molecular complexity index is 492. The van der Waals surface area contributed by atoms with Gasteiger partial charge in [-0.25, -0.2) is 4.98 Å². The fourth-order valence-electron chi connectivity index (χ4n) is 2.15. The van der Waals surface area contributed by atoms with Crippen LogP contribution in [-0.4, -0.2) is 9.97 Å². The van der Waals surface area contributed by atoms with Gasteiger partial charge in [0.15, 0.2) is 5.13 Å². The molecule has 0 bridgehead atoms. The van der Waals surface area contributed by atoms with Crippen LogP contribution in [0.1, 0.15) is 28.5 Å². The van der Waals surface area contributed by atoms with Crippen LogP contribution in [0.3, 0.4) is 0 Å². The van der Waals surface area contributed by atoms with Crippen molar-refractivity contribution in [1.82, 2.24) is 9.97 Å². The number of hydrogen-bond donors (Lipinski definition) is 1. The van der Waals surface area contributed by atoms with Gasteiger partial charge in [-0.05, 0) is 24.5 Å². The molecule has 3 nitrogen and oxygen atoms in total. The first-order valence-corrected chi connectivity index (χ1v) is 5.81. The first-order chi connectivity index (χ1) is 7.34. The quantitative estimate of drug-likeness (QED) is 0.796. The van der Waals surface area contributed by atoms with Crippen LogP contribution in [0.5, 0.6) is 0 Å². The summed E-state index contributed by atoms with van der Waals surface area (Å²) in [6.07, 6.45) is 6.00. The predicted molar refractivity (Wildman–Crippen MR) is 60.9 cm³/mol. The molecule has 0 saturated carbocycles. The van der Waals surface area contributed by atoms with E-state index in [9.17, 15) is 0 Å². The Hall–Kier alpha value is -1.42. The molecule has 3 rings (SSSR count). The van der Waals surface area contributed by atoms with Crippen LogP contribution >= 0.6 is 11.3 Å². The largest absolute Gasteiger partial charge is 0.375 e. The summed E-state index contributed by atoms with van der Waals surface area (Å²) in [5.41, 5.74) is 8.23. The Labute approximate surface area is 92.0 Å². The Balaban J connectivity index is 2.04. The molecule has 76 valence electrons. The third-order valence-corrected chi connectivity index (χ3v) is 3.78. The van der Waals surface area contributed by atoms with E-state index in [-0.39, 0.29) is 0 Å². The molecule has 0 amide bonds. The minimum Gasteiger partial charge on any atom is -0.375 e. The maximum Gasteiger partial charge on any atom is 0.180 e. The van der Waals surface area contributed by atoms with Crippen LogP contribution in [-0.2, 0) is 6.42 Å². The molecule has 2 heterocycles. The van der Waals surface area contributed by atoms with E-state index in [0.29, 0.717) is 11.0 Å². The molecule has 0 spiro atoms. The molecule has 1 aliphatic rings. The van der Waals surface area contributed by atoms with E-state index in [0.717, 1.165) is 12.8 Å². The first-order valence-electron chi connectivity index (χ1n) is 4.99. The van der Waals surface area contributed by atoms with Gasteiger partial charge >= 0.3 is 0 Å². The van der Waals surface area contributed by atoms with Gasteiger partial charge in [-0.2, -0.15) is 0 Å². The van der Waals surface area contributed by atoms with Crippen molar-refractivity contribution in [3.8, 4) is 0 Å². The molecule has 0 radical (unpaired) electrons. The topological polar surface area (TPSA) is 51.8 Å². The number of aromatic nitrogens is 2. The SMILES string of the molecule is Nc1ncc(C2CCc3cccnc32)s1. The first kappa shape index (κ1) is 8.85. The van der Waals surface area contributed by atoms with Crippen molar-refractivity contribution >= 4 is 16.5 Å². The van der Waals surface area contributed by atoms with Crippen LogP contribution in [0.25, 0.3) is 0 Å². The number of nitrogens with zero attached hydrogens (tertiary/aromatic N) is 2. The highest BCUT2D eigenvalue weighted by atomic mass is 32.1. The smallest absolute Gasteiger partial charge is 0.180 e. The Kier molecular flexibility index (Phi) is 1.95. The summed E-state index contributed by atoms with van der Waals surface area (Å²) in [7, 11) is 0. The van der Waals surface area contributed by atoms with Gasteiger partial charge in [0.25, 0.3) is 0 Å². The molecule has 2 aromatic rings. The van der Waals surface area contributed by atoms with Crippen molar-refractivity contribution in [2.75, 3.05) is 5.73 Å². The zero-order valence-corrected chi connectivity index (χ0v) is 9.00. The summed E-state index contributed by atoms with van der Waals surface area (Å²) >= 11 is 1.58. The van der Waals surface area contributed by atoms with E-state index in [1.54, 1.807) is 11.3 Å². The lowest BCUT2D eigenvalue weighted by Gasteiger charge is -2.06. The van der Waals surface area contributed by atoms with E-state index in [2.05, 4.69) is 16.0 Å². The van der Waals surface area contributed by atoms with Gasteiger partial charge in [0.2, 0.25) is 0 Å². The highest BCUT2D eigenvalue weighted by molar-refractivity contribution is 7.15. The Morgan fingerprint density at radius 1 is 1.40 bits per heavy atom. The fourth-order valence-corrected chi connectivity index (χ4v) is 2.98. The molecule has 0 fully saturated rings. The van der Waals surface area contributed by atoms with E-state index in [1.807, 2.05) is 18.5 Å². The van der Waals surface area contributed by atoms with Crippen molar-refractivity contribution in [1.29, 1.82) is 0 Å². The molecule has 2 N–H and O–H groups in total. The van der Waals surface area contributed by atoms with E-state index < -0.39 is 0 Å². The zero-order chi connectivity index (χ0) is 10.3. The molecule has 0 aliphatic heterocycles. The number of pyridine rings is 1. The number of anilines is 1. The number of thiazole rings is 1. The monoisotopic (exact) mass is 217 g/mol. The second-order valence-electron chi connectivity index (χ2n) is 3.74. The third kappa shape index (κ3) is 1.41. The number of hydrogen-bond acceptors (Lipinski definition) is 4. The molecule has 15 heavy (non-hydrogen) atoms. The predicted octanol–water partition coefficient (Wildman–Crippen LogP) is 2.20. The van der Waals surface area contributed by atoms with Crippen LogP contribution in [0.2, 0.25) is 0 Å². The van der Waals surface area contributed by atoms with Crippen molar-refractivity contribution in [3.05, 3.63) is 40.7 Å². The fraction of sp³-hybridized carbons (Fsp3) is 0.273. The van der Waals surface area contributed by atoms with Gasteiger partial charge in [-0.15, -0.1) is 11.3 Å². The van der Waals surface area contributed by atoms with E-state index in [4.69, 9.17) is 5.73 Å². The van der Waals surface area contributed by atoms with Crippen molar-refractivity contribution in [2.24, 2.45) is 0 Å². The molecule has 2 aromatic heterocycles. The lowest BCUT2D eigenvalue weighted by Crippen LogP contribution is -1.95. The molecular weight excluding hydrogens is 206 g/mol. The van der Waals surface area contributed by atoms with Gasteiger partial charge in [0, 0.05) is 23.2 Å². The molecule has 0 aromatic carbocycles. The van der Waals surface area contributed by atoms with E-state index >= 15 is 0 Å². The second kappa shape index (κ2) is 3.31. The molecular formula is C11H11N3S. The number of nitrogens with two attached hydrogens (primary N) is 1. The standard InChI is InChI=1S/C11H11N3S/c12-11-14-6-9(15-11)8-4-3-7-2-1-5-13-10(7)8/h1-2,5-6,8H,3-4H2,(H2,12,14). The average Bonchev–Trinajstić information content (AvgIpc) is 2.83. The minimum atomic E-state index is 0.413. The van der Waals surface area contributed by atoms with Crippen molar-refractivity contribution < 1.29 is 0 Å². The van der Waals surface area contributed by atoms with Crippen molar-refractivity contribution in [3.63, 3.8) is 0 Å². The van der Waals surface area contributed by atoms with E-state index in [1.165, 1.54) is 16.1 Å². The number of nitrogen functional groups attached to an aromatic ring is 1. The number of aryl methyl sites for hydroxylation is 1. The molecule has 1 atom stereocenters. The Morgan fingerprint density at radius 3 is 3.13 bits per heavy atom. The van der Waals surface area contributed by atoms with Crippen molar-refractivity contribution in [2.45, 2.75) is 18.8 Å². The van der Waals surface area contributed by atoms with Gasteiger partial charge in [0.05, 0.1) is 5.69 Å². The lowest BCUT2D eigenvalue weighted by molar-refractivity contribution is 0.784. The minimum absolute atomic E-state index is 0.413. The summed E-state index contributed by atoms with van der Waals surface area (Å²) in [4.78, 5) is 9.81. The normalized spacial score (nSPS) is 19.1. The number of rotatable bonds is 1. The summed E-state index contributed by atoms with van der Waals surface area (Å²) in [6, 6.07) is 4.16. The molecule has 1 aliphatic carbocycles. The maximum atomic E-state index is 5.65. The molecule has 0 saturated heterocycles. The van der Waals surface area contributed by atoms with Crippen LogP contribution in [0.15, 0.2) is 24.5 Å². The average molecular weight is 217 g/mol. The summed E-state index contributed by atoms with van der Waals surface area (Å²) in [5.74, 6) is 0.413. The third-order valence-electron chi connectivity index (χ3n) is 2.84. The zero-order valence-electron chi connectivity index (χ0n) is 8.18. The van der Waals surface area contributed by atoms with Crippen LogP contribution in [0.4, 0.5) is 5.13 Å². The van der Waals surface area contributed by atoms with Gasteiger partial charge in [-0.3, -0.25) is 4.98 Å². The lowest BCUT2D eigenvalue weighted by atomic mass is 10.1. The van der Waals surface area contributed by atoms with Gasteiger partial charge < -0.3 is 5.73 Å². The van der Waals surface area contributed by atoms with Gasteiger partial charge in [0.1, 0.15) is 0 Å². The maximum absolute atomic E-state index is 5.65. The molecule has 1 unspecified atom stereocenters. The van der Waals surface area contributed by atoms with Crippen LogP contribution in [0, 0.1) is 0 Å². The highest BCUT2D eigenvalue weighted by Crippen LogP contribution is 2.39.